The van der Waals surface area contributed by atoms with Gasteiger partial charge in [-0.3, -0.25) is 0 Å². The molecule has 0 spiro atoms. The molecule has 0 aliphatic carbocycles. The van der Waals surface area contributed by atoms with Crippen molar-refractivity contribution < 1.29 is 0 Å². The molecule has 2 aromatic heterocycles. The number of hydrogen-bond acceptors (Lipinski definition) is 4. The second-order valence-corrected chi connectivity index (χ2v) is 5.68. The van der Waals surface area contributed by atoms with Crippen molar-refractivity contribution in [2.75, 3.05) is 11.9 Å². The van der Waals surface area contributed by atoms with E-state index in [2.05, 4.69) is 30.8 Å². The lowest BCUT2D eigenvalue weighted by atomic mass is 10.4. The zero-order chi connectivity index (χ0) is 11.5. The largest absolute Gasteiger partial charge is 0.354 e. The van der Waals surface area contributed by atoms with Gasteiger partial charge in [-0.25, -0.2) is 9.97 Å². The SMILES string of the molecule is Cc1ncc(CN(C)c2ncccc2Br)s1. The third-order valence-electron chi connectivity index (χ3n) is 2.16. The van der Waals surface area contributed by atoms with Crippen LogP contribution in [-0.4, -0.2) is 17.0 Å². The molecule has 84 valence electrons. The summed E-state index contributed by atoms with van der Waals surface area (Å²) >= 11 is 5.22. The first-order valence-corrected chi connectivity index (χ1v) is 6.50. The molecule has 2 rings (SSSR count). The summed E-state index contributed by atoms with van der Waals surface area (Å²) in [5.41, 5.74) is 0. The third-order valence-corrected chi connectivity index (χ3v) is 3.68. The summed E-state index contributed by atoms with van der Waals surface area (Å²) < 4.78 is 1.01. The van der Waals surface area contributed by atoms with Crippen molar-refractivity contribution in [2.45, 2.75) is 13.5 Å². The zero-order valence-electron chi connectivity index (χ0n) is 9.14. The van der Waals surface area contributed by atoms with Gasteiger partial charge in [0, 0.05) is 24.3 Å². The van der Waals surface area contributed by atoms with E-state index in [1.807, 2.05) is 32.3 Å². The summed E-state index contributed by atoms with van der Waals surface area (Å²) in [7, 11) is 2.03. The molecular weight excluding hydrogens is 286 g/mol. The maximum absolute atomic E-state index is 4.34. The highest BCUT2D eigenvalue weighted by molar-refractivity contribution is 9.10. The molecule has 0 radical (unpaired) electrons. The van der Waals surface area contributed by atoms with E-state index < -0.39 is 0 Å². The number of anilines is 1. The number of aromatic nitrogens is 2. The summed E-state index contributed by atoms with van der Waals surface area (Å²) in [6.07, 6.45) is 3.72. The van der Waals surface area contributed by atoms with E-state index in [4.69, 9.17) is 0 Å². The summed E-state index contributed by atoms with van der Waals surface area (Å²) in [5.74, 6) is 0.952. The molecular formula is C11H12BrN3S. The highest BCUT2D eigenvalue weighted by atomic mass is 79.9. The van der Waals surface area contributed by atoms with Crippen molar-refractivity contribution in [1.29, 1.82) is 0 Å². The van der Waals surface area contributed by atoms with E-state index in [9.17, 15) is 0 Å². The minimum atomic E-state index is 0.834. The Kier molecular flexibility index (Phi) is 3.56. The van der Waals surface area contributed by atoms with Crippen molar-refractivity contribution in [1.82, 2.24) is 9.97 Å². The highest BCUT2D eigenvalue weighted by Gasteiger charge is 2.08. The number of thiazole rings is 1. The quantitative estimate of drug-likeness (QED) is 0.871. The summed E-state index contributed by atoms with van der Waals surface area (Å²) in [6, 6.07) is 3.91. The molecule has 0 amide bonds. The van der Waals surface area contributed by atoms with Crippen LogP contribution in [0.5, 0.6) is 0 Å². The van der Waals surface area contributed by atoms with E-state index in [1.165, 1.54) is 4.88 Å². The Balaban J connectivity index is 2.14. The van der Waals surface area contributed by atoms with Crippen molar-refractivity contribution in [3.05, 3.63) is 38.9 Å². The van der Waals surface area contributed by atoms with E-state index in [0.717, 1.165) is 21.8 Å². The normalized spacial score (nSPS) is 10.4. The van der Waals surface area contributed by atoms with Gasteiger partial charge in [-0.05, 0) is 35.0 Å². The number of nitrogens with zero attached hydrogens (tertiary/aromatic N) is 3. The number of pyridine rings is 1. The van der Waals surface area contributed by atoms with Gasteiger partial charge in [-0.2, -0.15) is 0 Å². The lowest BCUT2D eigenvalue weighted by molar-refractivity contribution is 0.905. The molecule has 2 aromatic rings. The van der Waals surface area contributed by atoms with Crippen LogP contribution in [0.25, 0.3) is 0 Å². The zero-order valence-corrected chi connectivity index (χ0v) is 11.5. The molecule has 0 N–H and O–H groups in total. The Hall–Kier alpha value is -0.940. The molecule has 0 aliphatic heterocycles. The monoisotopic (exact) mass is 297 g/mol. The summed E-state index contributed by atoms with van der Waals surface area (Å²) in [4.78, 5) is 11.9. The fourth-order valence-electron chi connectivity index (χ4n) is 1.45. The first-order chi connectivity index (χ1) is 7.66. The second kappa shape index (κ2) is 4.93. The Bertz CT molecular complexity index is 484. The van der Waals surface area contributed by atoms with Crippen LogP contribution in [0.3, 0.4) is 0 Å². The second-order valence-electron chi connectivity index (χ2n) is 3.51. The smallest absolute Gasteiger partial charge is 0.142 e. The van der Waals surface area contributed by atoms with Gasteiger partial charge < -0.3 is 4.90 Å². The Labute approximate surface area is 107 Å². The van der Waals surface area contributed by atoms with E-state index >= 15 is 0 Å². The van der Waals surface area contributed by atoms with E-state index in [0.29, 0.717) is 0 Å². The number of halogens is 1. The van der Waals surface area contributed by atoms with Gasteiger partial charge in [0.2, 0.25) is 0 Å². The van der Waals surface area contributed by atoms with Crippen LogP contribution in [0.4, 0.5) is 5.82 Å². The van der Waals surface area contributed by atoms with Crippen LogP contribution in [0.1, 0.15) is 9.88 Å². The average Bonchev–Trinajstić information content (AvgIpc) is 2.64. The molecule has 0 fully saturated rings. The fourth-order valence-corrected chi connectivity index (χ4v) is 2.85. The lowest BCUT2D eigenvalue weighted by Gasteiger charge is -2.17. The molecule has 0 unspecified atom stereocenters. The van der Waals surface area contributed by atoms with Crippen molar-refractivity contribution in [3.63, 3.8) is 0 Å². The van der Waals surface area contributed by atoms with Crippen LogP contribution >= 0.6 is 27.3 Å². The third kappa shape index (κ3) is 2.59. The van der Waals surface area contributed by atoms with Crippen molar-refractivity contribution in [3.8, 4) is 0 Å². The summed E-state index contributed by atoms with van der Waals surface area (Å²) in [6.45, 7) is 2.85. The summed E-state index contributed by atoms with van der Waals surface area (Å²) in [5, 5.41) is 1.10. The van der Waals surface area contributed by atoms with Gasteiger partial charge in [-0.1, -0.05) is 0 Å². The molecule has 0 saturated heterocycles. The minimum Gasteiger partial charge on any atom is -0.354 e. The molecule has 0 bridgehead atoms. The van der Waals surface area contributed by atoms with Gasteiger partial charge in [-0.15, -0.1) is 11.3 Å². The van der Waals surface area contributed by atoms with Crippen LogP contribution in [0.2, 0.25) is 0 Å². The Morgan fingerprint density at radius 1 is 1.44 bits per heavy atom. The molecule has 16 heavy (non-hydrogen) atoms. The predicted molar refractivity (Wildman–Crippen MR) is 70.9 cm³/mol. The predicted octanol–water partition coefficient (Wildman–Crippen LogP) is 3.25. The van der Waals surface area contributed by atoms with Gasteiger partial charge in [0.1, 0.15) is 5.82 Å². The molecule has 0 atom stereocenters. The van der Waals surface area contributed by atoms with Crippen LogP contribution < -0.4 is 4.90 Å². The molecule has 5 heteroatoms. The molecule has 0 saturated carbocycles. The first kappa shape index (κ1) is 11.5. The van der Waals surface area contributed by atoms with Crippen LogP contribution in [0, 0.1) is 6.92 Å². The fraction of sp³-hybridized carbons (Fsp3) is 0.273. The topological polar surface area (TPSA) is 29.0 Å². The van der Waals surface area contributed by atoms with Crippen molar-refractivity contribution >= 4 is 33.1 Å². The maximum atomic E-state index is 4.34. The molecule has 3 nitrogen and oxygen atoms in total. The maximum Gasteiger partial charge on any atom is 0.142 e. The molecule has 0 aromatic carbocycles. The lowest BCUT2D eigenvalue weighted by Crippen LogP contribution is -2.17. The number of aryl methyl sites for hydroxylation is 1. The van der Waals surface area contributed by atoms with Gasteiger partial charge >= 0.3 is 0 Å². The first-order valence-electron chi connectivity index (χ1n) is 4.90. The molecule has 0 aliphatic rings. The van der Waals surface area contributed by atoms with Crippen LogP contribution in [0.15, 0.2) is 29.0 Å². The standard InChI is InChI=1S/C11H12BrN3S/c1-8-14-6-9(16-8)7-15(2)11-10(12)4-3-5-13-11/h3-6H,7H2,1-2H3. The highest BCUT2D eigenvalue weighted by Crippen LogP contribution is 2.24. The number of hydrogen-bond donors (Lipinski definition) is 0. The van der Waals surface area contributed by atoms with Gasteiger partial charge in [0.05, 0.1) is 16.0 Å². The van der Waals surface area contributed by atoms with Gasteiger partial charge in [0.15, 0.2) is 0 Å². The number of rotatable bonds is 3. The molecule has 2 heterocycles. The minimum absolute atomic E-state index is 0.834. The average molecular weight is 298 g/mol. The Morgan fingerprint density at radius 3 is 2.88 bits per heavy atom. The van der Waals surface area contributed by atoms with Gasteiger partial charge in [0.25, 0.3) is 0 Å². The van der Waals surface area contributed by atoms with E-state index in [1.54, 1.807) is 17.5 Å². The van der Waals surface area contributed by atoms with Crippen molar-refractivity contribution in [2.24, 2.45) is 0 Å². The van der Waals surface area contributed by atoms with E-state index in [-0.39, 0.29) is 0 Å². The van der Waals surface area contributed by atoms with Crippen LogP contribution in [-0.2, 0) is 6.54 Å². The Morgan fingerprint density at radius 2 is 2.25 bits per heavy atom.